The third-order valence-electron chi connectivity index (χ3n) is 5.70. The van der Waals surface area contributed by atoms with Gasteiger partial charge in [0.1, 0.15) is 11.5 Å². The van der Waals surface area contributed by atoms with Crippen LogP contribution >= 0.6 is 0 Å². The van der Waals surface area contributed by atoms with Crippen molar-refractivity contribution >= 4 is 23.9 Å². The van der Waals surface area contributed by atoms with Crippen LogP contribution in [0.25, 0.3) is 5.69 Å². The molecule has 3 N–H and O–H groups in total. The molecular formula is C24H27N7O. The second-order valence-corrected chi connectivity index (χ2v) is 8.24. The molecular weight excluding hydrogens is 402 g/mol. The summed E-state index contributed by atoms with van der Waals surface area (Å²) in [6, 6.07) is 12.7. The first-order valence-electron chi connectivity index (χ1n) is 10.8. The molecule has 0 radical (unpaired) electrons. The van der Waals surface area contributed by atoms with Gasteiger partial charge in [-0.1, -0.05) is 26.0 Å². The van der Waals surface area contributed by atoms with Gasteiger partial charge >= 0.3 is 0 Å². The van der Waals surface area contributed by atoms with Gasteiger partial charge in [0.15, 0.2) is 5.84 Å². The van der Waals surface area contributed by atoms with Crippen molar-refractivity contribution in [2.75, 3.05) is 5.32 Å². The summed E-state index contributed by atoms with van der Waals surface area (Å²) in [5, 5.41) is 18.9. The highest BCUT2D eigenvalue weighted by Crippen LogP contribution is 2.25. The number of carbonyl (C=O) groups excluding carboxylic acids is 1. The molecule has 0 unspecified atom stereocenters. The van der Waals surface area contributed by atoms with Crippen LogP contribution in [0.3, 0.4) is 0 Å². The van der Waals surface area contributed by atoms with E-state index in [0.717, 1.165) is 30.6 Å². The van der Waals surface area contributed by atoms with E-state index in [1.165, 1.54) is 6.34 Å². The SMILES string of the molecule is CC(C)c1cn(-c2cccc(C(=O)Nc3cccc(C(=N)N(C=N)C4CCC4)n3)c2)cn1. The Bertz CT molecular complexity index is 1150. The molecule has 1 saturated carbocycles. The van der Waals surface area contributed by atoms with Crippen LogP contribution in [0.15, 0.2) is 55.0 Å². The van der Waals surface area contributed by atoms with E-state index in [1.807, 2.05) is 22.9 Å². The Hall–Kier alpha value is -3.81. The van der Waals surface area contributed by atoms with Crippen LogP contribution in [0.2, 0.25) is 0 Å². The molecule has 32 heavy (non-hydrogen) atoms. The Kier molecular flexibility index (Phi) is 6.11. The lowest BCUT2D eigenvalue weighted by Crippen LogP contribution is -2.43. The molecule has 4 rings (SSSR count). The highest BCUT2D eigenvalue weighted by atomic mass is 16.1. The molecule has 1 amide bonds. The summed E-state index contributed by atoms with van der Waals surface area (Å²) in [5.74, 6) is 0.581. The van der Waals surface area contributed by atoms with E-state index in [1.54, 1.807) is 41.6 Å². The topological polar surface area (TPSA) is 111 Å². The van der Waals surface area contributed by atoms with Gasteiger partial charge in [0.05, 0.1) is 18.4 Å². The highest BCUT2D eigenvalue weighted by molar-refractivity contribution is 6.05. The number of imidazole rings is 1. The number of anilines is 1. The lowest BCUT2D eigenvalue weighted by molar-refractivity contribution is 0.102. The molecule has 1 aliphatic rings. The normalized spacial score (nSPS) is 13.5. The van der Waals surface area contributed by atoms with Crippen LogP contribution in [0.1, 0.15) is 60.8 Å². The van der Waals surface area contributed by atoms with Crippen LogP contribution in [-0.2, 0) is 0 Å². The van der Waals surface area contributed by atoms with Crippen molar-refractivity contribution in [1.82, 2.24) is 19.4 Å². The van der Waals surface area contributed by atoms with Gasteiger partial charge < -0.3 is 14.8 Å². The van der Waals surface area contributed by atoms with Gasteiger partial charge in [-0.2, -0.15) is 0 Å². The molecule has 8 heteroatoms. The molecule has 2 heterocycles. The molecule has 0 spiro atoms. The van der Waals surface area contributed by atoms with Crippen LogP contribution in [0.4, 0.5) is 5.82 Å². The van der Waals surface area contributed by atoms with Gasteiger partial charge in [0.2, 0.25) is 0 Å². The van der Waals surface area contributed by atoms with E-state index < -0.39 is 0 Å². The van der Waals surface area contributed by atoms with Crippen molar-refractivity contribution in [3.8, 4) is 5.69 Å². The minimum atomic E-state index is -0.282. The molecule has 3 aromatic rings. The lowest BCUT2D eigenvalue weighted by atomic mass is 9.91. The summed E-state index contributed by atoms with van der Waals surface area (Å²) >= 11 is 0. The summed E-state index contributed by atoms with van der Waals surface area (Å²) in [5.41, 5.74) is 2.76. The molecule has 1 fully saturated rings. The zero-order valence-electron chi connectivity index (χ0n) is 18.2. The minimum absolute atomic E-state index is 0.170. The standard InChI is InChI=1S/C24H27N7O/c1-16(2)21-13-30(15-27-21)19-9-3-6-17(12-19)24(32)29-22-11-5-10-20(28-22)23(26)31(14-25)18-7-4-8-18/h3,5-6,9-16,18,25-26H,4,7-8H2,1-2H3,(H,28,29,32). The van der Waals surface area contributed by atoms with Crippen molar-refractivity contribution < 1.29 is 4.79 Å². The van der Waals surface area contributed by atoms with E-state index >= 15 is 0 Å². The number of carbonyl (C=O) groups is 1. The van der Waals surface area contributed by atoms with Crippen LogP contribution < -0.4 is 5.32 Å². The number of benzene rings is 1. The second kappa shape index (κ2) is 9.13. The van der Waals surface area contributed by atoms with E-state index in [4.69, 9.17) is 10.8 Å². The van der Waals surface area contributed by atoms with Crippen molar-refractivity contribution in [2.45, 2.75) is 45.1 Å². The molecule has 2 aromatic heterocycles. The summed E-state index contributed by atoms with van der Waals surface area (Å²) in [7, 11) is 0. The van der Waals surface area contributed by atoms with Gasteiger partial charge in [-0.15, -0.1) is 0 Å². The zero-order chi connectivity index (χ0) is 22.7. The number of rotatable bonds is 7. The van der Waals surface area contributed by atoms with Crippen molar-refractivity contribution in [3.05, 3.63) is 71.9 Å². The molecule has 0 saturated heterocycles. The third-order valence-corrected chi connectivity index (χ3v) is 5.70. The van der Waals surface area contributed by atoms with E-state index in [0.29, 0.717) is 23.0 Å². The smallest absolute Gasteiger partial charge is 0.256 e. The summed E-state index contributed by atoms with van der Waals surface area (Å²) < 4.78 is 1.90. The summed E-state index contributed by atoms with van der Waals surface area (Å²) in [6.07, 6.45) is 7.96. The highest BCUT2D eigenvalue weighted by Gasteiger charge is 2.27. The maximum absolute atomic E-state index is 12.9. The second-order valence-electron chi connectivity index (χ2n) is 8.24. The zero-order valence-corrected chi connectivity index (χ0v) is 18.2. The molecule has 0 atom stereocenters. The maximum atomic E-state index is 12.9. The van der Waals surface area contributed by atoms with E-state index in [9.17, 15) is 4.79 Å². The van der Waals surface area contributed by atoms with E-state index in [2.05, 4.69) is 29.1 Å². The quantitative estimate of drug-likeness (QED) is 0.381. The summed E-state index contributed by atoms with van der Waals surface area (Å²) in [6.45, 7) is 4.18. The number of nitrogens with zero attached hydrogens (tertiary/aromatic N) is 4. The summed E-state index contributed by atoms with van der Waals surface area (Å²) in [4.78, 5) is 23.4. The third kappa shape index (κ3) is 4.44. The molecule has 164 valence electrons. The molecule has 0 aliphatic heterocycles. The number of hydrogen-bond acceptors (Lipinski definition) is 5. The maximum Gasteiger partial charge on any atom is 0.256 e. The average Bonchev–Trinajstić information content (AvgIpc) is 3.27. The Labute approximate surface area is 187 Å². The van der Waals surface area contributed by atoms with Crippen LogP contribution in [0, 0.1) is 10.8 Å². The number of aromatic nitrogens is 3. The Morgan fingerprint density at radius 1 is 1.25 bits per heavy atom. The van der Waals surface area contributed by atoms with Crippen LogP contribution in [0.5, 0.6) is 0 Å². The molecule has 1 aromatic carbocycles. The number of pyridine rings is 1. The van der Waals surface area contributed by atoms with Gasteiger partial charge in [-0.25, -0.2) is 9.97 Å². The van der Waals surface area contributed by atoms with Crippen molar-refractivity contribution in [2.24, 2.45) is 0 Å². The predicted octanol–water partition coefficient (Wildman–Crippen LogP) is 4.43. The number of amides is 1. The fraction of sp³-hybridized carbons (Fsp3) is 0.292. The van der Waals surface area contributed by atoms with Crippen molar-refractivity contribution in [3.63, 3.8) is 0 Å². The van der Waals surface area contributed by atoms with Crippen molar-refractivity contribution in [1.29, 1.82) is 10.8 Å². The van der Waals surface area contributed by atoms with Gasteiger partial charge in [-0.3, -0.25) is 15.6 Å². The Morgan fingerprint density at radius 2 is 2.03 bits per heavy atom. The first kappa shape index (κ1) is 21.4. The largest absolute Gasteiger partial charge is 0.313 e. The van der Waals surface area contributed by atoms with Gasteiger partial charge in [-0.05, 0) is 55.5 Å². The fourth-order valence-corrected chi connectivity index (χ4v) is 3.56. The number of nitrogens with one attached hydrogen (secondary N) is 3. The molecule has 0 bridgehead atoms. The number of amidine groups is 1. The minimum Gasteiger partial charge on any atom is -0.313 e. The first-order valence-corrected chi connectivity index (χ1v) is 10.8. The van der Waals surface area contributed by atoms with Gasteiger partial charge in [0.25, 0.3) is 5.91 Å². The Balaban J connectivity index is 1.50. The predicted molar refractivity (Wildman–Crippen MR) is 125 cm³/mol. The number of hydrogen-bond donors (Lipinski definition) is 3. The fourth-order valence-electron chi connectivity index (χ4n) is 3.56. The van der Waals surface area contributed by atoms with Crippen LogP contribution in [-0.4, -0.2) is 43.6 Å². The Morgan fingerprint density at radius 3 is 2.69 bits per heavy atom. The lowest BCUT2D eigenvalue weighted by Gasteiger charge is -2.35. The average molecular weight is 430 g/mol. The van der Waals surface area contributed by atoms with Gasteiger partial charge in [0, 0.05) is 23.5 Å². The molecule has 1 aliphatic carbocycles. The first-order chi connectivity index (χ1) is 15.5. The molecule has 8 nitrogen and oxygen atoms in total. The van der Waals surface area contributed by atoms with E-state index in [-0.39, 0.29) is 17.8 Å². The monoisotopic (exact) mass is 429 g/mol.